The summed E-state index contributed by atoms with van der Waals surface area (Å²) in [6.07, 6.45) is 2.68. The number of ether oxygens (including phenoxy) is 1. The topological polar surface area (TPSA) is 42.4 Å². The number of nitrogens with zero attached hydrogens (tertiary/aromatic N) is 2. The number of halogens is 1. The van der Waals surface area contributed by atoms with E-state index in [9.17, 15) is 9.18 Å². The molecule has 1 aromatic carbocycles. The summed E-state index contributed by atoms with van der Waals surface area (Å²) in [5, 5.41) is 0.659. The van der Waals surface area contributed by atoms with E-state index in [1.54, 1.807) is 18.3 Å². The highest BCUT2D eigenvalue weighted by Gasteiger charge is 2.37. The highest BCUT2D eigenvalue weighted by Crippen LogP contribution is 2.31. The van der Waals surface area contributed by atoms with Crippen LogP contribution in [0.25, 0.3) is 10.9 Å². The van der Waals surface area contributed by atoms with Crippen LogP contribution in [0.3, 0.4) is 0 Å². The summed E-state index contributed by atoms with van der Waals surface area (Å²) in [7, 11) is 0. The average molecular weight is 300 g/mol. The zero-order chi connectivity index (χ0) is 15.1. The van der Waals surface area contributed by atoms with Crippen molar-refractivity contribution in [3.63, 3.8) is 0 Å². The van der Waals surface area contributed by atoms with E-state index in [1.807, 2.05) is 4.90 Å². The fourth-order valence-electron chi connectivity index (χ4n) is 3.30. The van der Waals surface area contributed by atoms with E-state index in [-0.39, 0.29) is 11.7 Å². The second kappa shape index (κ2) is 5.32. The minimum absolute atomic E-state index is 0.0196. The number of carbonyl (C=O) groups excluding carboxylic acids is 1. The molecular weight excluding hydrogens is 283 g/mol. The van der Waals surface area contributed by atoms with Crippen molar-refractivity contribution in [2.75, 3.05) is 26.3 Å². The van der Waals surface area contributed by atoms with Gasteiger partial charge in [0.1, 0.15) is 5.82 Å². The maximum absolute atomic E-state index is 13.3. The number of pyridine rings is 1. The van der Waals surface area contributed by atoms with Crippen LogP contribution in [0.5, 0.6) is 0 Å². The fourth-order valence-corrected chi connectivity index (χ4v) is 3.30. The van der Waals surface area contributed by atoms with E-state index in [0.717, 1.165) is 32.7 Å². The summed E-state index contributed by atoms with van der Waals surface area (Å²) in [5.41, 5.74) is 1.22. The van der Waals surface area contributed by atoms with Crippen molar-refractivity contribution < 1.29 is 13.9 Å². The molecule has 2 saturated heterocycles. The smallest absolute Gasteiger partial charge is 0.255 e. The Labute approximate surface area is 127 Å². The third-order valence-electron chi connectivity index (χ3n) is 4.72. The normalized spacial score (nSPS) is 22.0. The Hall–Kier alpha value is -2.01. The van der Waals surface area contributed by atoms with Gasteiger partial charge in [0.15, 0.2) is 0 Å². The van der Waals surface area contributed by atoms with Gasteiger partial charge in [0, 0.05) is 37.9 Å². The van der Waals surface area contributed by atoms with E-state index >= 15 is 0 Å². The van der Waals surface area contributed by atoms with Gasteiger partial charge in [-0.3, -0.25) is 9.78 Å². The number of likely N-dealkylation sites (tertiary alicyclic amines) is 1. The van der Waals surface area contributed by atoms with Crippen molar-refractivity contribution in [2.45, 2.75) is 6.42 Å². The van der Waals surface area contributed by atoms with Gasteiger partial charge in [0.2, 0.25) is 0 Å². The number of hydrogen-bond donors (Lipinski definition) is 0. The largest absolute Gasteiger partial charge is 0.381 e. The number of amides is 1. The lowest BCUT2D eigenvalue weighted by atomic mass is 9.85. The molecule has 5 heteroatoms. The van der Waals surface area contributed by atoms with E-state index in [0.29, 0.717) is 28.3 Å². The van der Waals surface area contributed by atoms with Gasteiger partial charge in [0.05, 0.1) is 11.1 Å². The van der Waals surface area contributed by atoms with Crippen molar-refractivity contribution >= 4 is 16.8 Å². The first kappa shape index (κ1) is 13.6. The van der Waals surface area contributed by atoms with Crippen LogP contribution in [0.15, 0.2) is 30.5 Å². The summed E-state index contributed by atoms with van der Waals surface area (Å²) in [6, 6.07) is 6.13. The molecule has 4 rings (SSSR count). The van der Waals surface area contributed by atoms with Gasteiger partial charge in [-0.1, -0.05) is 0 Å². The molecule has 2 fully saturated rings. The first-order chi connectivity index (χ1) is 10.7. The molecule has 0 spiro atoms. The molecule has 2 aliphatic heterocycles. The molecule has 0 N–H and O–H groups in total. The molecule has 1 aromatic heterocycles. The molecule has 2 aliphatic rings. The third-order valence-corrected chi connectivity index (χ3v) is 4.72. The monoisotopic (exact) mass is 300 g/mol. The van der Waals surface area contributed by atoms with Crippen LogP contribution in [0, 0.1) is 17.7 Å². The van der Waals surface area contributed by atoms with Gasteiger partial charge in [-0.15, -0.1) is 0 Å². The Morgan fingerprint density at radius 3 is 2.91 bits per heavy atom. The highest BCUT2D eigenvalue weighted by molar-refractivity contribution is 5.97. The maximum Gasteiger partial charge on any atom is 0.255 e. The van der Waals surface area contributed by atoms with E-state index in [2.05, 4.69) is 4.98 Å². The number of hydrogen-bond acceptors (Lipinski definition) is 3. The molecule has 0 saturated carbocycles. The third kappa shape index (κ3) is 2.35. The molecule has 0 bridgehead atoms. The molecule has 1 amide bonds. The predicted octanol–water partition coefficient (Wildman–Crippen LogP) is 2.48. The minimum atomic E-state index is -0.316. The number of aromatic nitrogens is 1. The zero-order valence-corrected chi connectivity index (χ0v) is 12.2. The number of rotatable bonds is 2. The van der Waals surface area contributed by atoms with Gasteiger partial charge in [-0.25, -0.2) is 4.39 Å². The Balaban J connectivity index is 1.49. The van der Waals surface area contributed by atoms with Gasteiger partial charge < -0.3 is 9.64 Å². The molecule has 22 heavy (non-hydrogen) atoms. The summed E-state index contributed by atoms with van der Waals surface area (Å²) in [5.74, 6) is 0.808. The summed E-state index contributed by atoms with van der Waals surface area (Å²) in [4.78, 5) is 18.6. The van der Waals surface area contributed by atoms with Gasteiger partial charge >= 0.3 is 0 Å². The van der Waals surface area contributed by atoms with Crippen LogP contribution in [-0.4, -0.2) is 42.1 Å². The first-order valence-electron chi connectivity index (χ1n) is 7.63. The van der Waals surface area contributed by atoms with Crippen molar-refractivity contribution in [1.29, 1.82) is 0 Å². The maximum atomic E-state index is 13.3. The van der Waals surface area contributed by atoms with E-state index in [4.69, 9.17) is 4.74 Å². The Morgan fingerprint density at radius 2 is 2.14 bits per heavy atom. The standard InChI is InChI=1S/C17H17FN2O2/c18-15-1-2-16-12(6-15)5-13(7-19-16)17(21)20-8-14(9-20)11-3-4-22-10-11/h1-2,5-7,11,14H,3-4,8-10H2. The summed E-state index contributed by atoms with van der Waals surface area (Å²) < 4.78 is 18.7. The average Bonchev–Trinajstić information content (AvgIpc) is 2.98. The minimum Gasteiger partial charge on any atom is -0.381 e. The second-order valence-electron chi connectivity index (χ2n) is 6.15. The molecule has 114 valence electrons. The van der Waals surface area contributed by atoms with Crippen molar-refractivity contribution in [1.82, 2.24) is 9.88 Å². The molecule has 1 atom stereocenters. The van der Waals surface area contributed by atoms with Crippen LogP contribution in [0.2, 0.25) is 0 Å². The van der Waals surface area contributed by atoms with Gasteiger partial charge in [-0.2, -0.15) is 0 Å². The summed E-state index contributed by atoms with van der Waals surface area (Å²) >= 11 is 0. The molecule has 0 aliphatic carbocycles. The lowest BCUT2D eigenvalue weighted by Crippen LogP contribution is -2.52. The Kier molecular flexibility index (Phi) is 3.30. The Morgan fingerprint density at radius 1 is 1.27 bits per heavy atom. The fraction of sp³-hybridized carbons (Fsp3) is 0.412. The molecular formula is C17H17FN2O2. The molecule has 1 unspecified atom stereocenters. The lowest BCUT2D eigenvalue weighted by molar-refractivity contribution is 0.0341. The van der Waals surface area contributed by atoms with Crippen LogP contribution in [0.4, 0.5) is 4.39 Å². The Bertz CT molecular complexity index is 722. The second-order valence-corrected chi connectivity index (χ2v) is 6.15. The SMILES string of the molecule is O=C(c1cnc2ccc(F)cc2c1)N1CC(C2CCOC2)C1. The quantitative estimate of drug-likeness (QED) is 0.855. The van der Waals surface area contributed by atoms with E-state index in [1.165, 1.54) is 12.1 Å². The molecule has 3 heterocycles. The lowest BCUT2D eigenvalue weighted by Gasteiger charge is -2.42. The predicted molar refractivity (Wildman–Crippen MR) is 80.0 cm³/mol. The van der Waals surface area contributed by atoms with Crippen LogP contribution >= 0.6 is 0 Å². The van der Waals surface area contributed by atoms with Crippen LogP contribution < -0.4 is 0 Å². The number of benzene rings is 1. The van der Waals surface area contributed by atoms with Gasteiger partial charge in [-0.05, 0) is 42.5 Å². The van der Waals surface area contributed by atoms with Crippen molar-refractivity contribution in [3.8, 4) is 0 Å². The van der Waals surface area contributed by atoms with Gasteiger partial charge in [0.25, 0.3) is 5.91 Å². The zero-order valence-electron chi connectivity index (χ0n) is 12.2. The van der Waals surface area contributed by atoms with Crippen LogP contribution in [-0.2, 0) is 4.74 Å². The molecule has 2 aromatic rings. The highest BCUT2D eigenvalue weighted by atomic mass is 19.1. The number of fused-ring (bicyclic) bond motifs is 1. The van der Waals surface area contributed by atoms with Crippen molar-refractivity contribution in [3.05, 3.63) is 41.8 Å². The number of carbonyl (C=O) groups is 1. The van der Waals surface area contributed by atoms with Crippen molar-refractivity contribution in [2.24, 2.45) is 11.8 Å². The first-order valence-corrected chi connectivity index (χ1v) is 7.63. The molecule has 4 nitrogen and oxygen atoms in total. The van der Waals surface area contributed by atoms with E-state index < -0.39 is 0 Å². The molecule has 0 radical (unpaired) electrons. The summed E-state index contributed by atoms with van der Waals surface area (Å²) in [6.45, 7) is 3.24. The van der Waals surface area contributed by atoms with Crippen LogP contribution in [0.1, 0.15) is 16.8 Å².